The fourth-order valence-electron chi connectivity index (χ4n) is 1.07. The molecule has 5 heteroatoms. The van der Waals surface area contributed by atoms with E-state index in [1.54, 1.807) is 0 Å². The molecule has 0 heterocycles. The summed E-state index contributed by atoms with van der Waals surface area (Å²) in [5.74, 6) is -2.38. The smallest absolute Gasteiger partial charge is 0.220 e. The fourth-order valence-corrected chi connectivity index (χ4v) is 1.07. The van der Waals surface area contributed by atoms with Gasteiger partial charge in [-0.15, -0.1) is 0 Å². The Kier molecular flexibility index (Phi) is 3.14. The van der Waals surface area contributed by atoms with Crippen LogP contribution in [0, 0.1) is 11.6 Å². The number of halogens is 2. The van der Waals surface area contributed by atoms with Crippen LogP contribution in [-0.4, -0.2) is 11.0 Å². The maximum atomic E-state index is 13.0. The second-order valence-electron chi connectivity index (χ2n) is 2.85. The number of primary amides is 1. The Hall–Kier alpha value is -1.49. The highest BCUT2D eigenvalue weighted by Crippen LogP contribution is 2.20. The Bertz CT molecular complexity index is 355. The van der Waals surface area contributed by atoms with Gasteiger partial charge in [-0.05, 0) is 6.07 Å². The summed E-state index contributed by atoms with van der Waals surface area (Å²) in [6.07, 6.45) is -1.71. The lowest BCUT2D eigenvalue weighted by atomic mass is 10.1. The molecular formula is C9H9F2NO2. The number of carbonyl (C=O) groups excluding carboxylic acids is 1. The lowest BCUT2D eigenvalue weighted by molar-refractivity contribution is -0.119. The van der Waals surface area contributed by atoms with Gasteiger partial charge in [0.1, 0.15) is 11.6 Å². The van der Waals surface area contributed by atoms with E-state index < -0.39 is 23.6 Å². The summed E-state index contributed by atoms with van der Waals surface area (Å²) in [7, 11) is 0. The normalized spacial score (nSPS) is 12.5. The zero-order valence-electron chi connectivity index (χ0n) is 7.21. The van der Waals surface area contributed by atoms with E-state index in [2.05, 4.69) is 0 Å². The van der Waals surface area contributed by atoms with Crippen molar-refractivity contribution < 1.29 is 18.7 Å². The third-order valence-corrected chi connectivity index (χ3v) is 1.72. The highest BCUT2D eigenvalue weighted by Gasteiger charge is 2.15. The Morgan fingerprint density at radius 2 is 2.14 bits per heavy atom. The van der Waals surface area contributed by atoms with Gasteiger partial charge in [-0.3, -0.25) is 4.79 Å². The number of aliphatic hydroxyl groups excluding tert-OH is 1. The molecule has 1 aromatic rings. The summed E-state index contributed by atoms with van der Waals surface area (Å²) in [5.41, 5.74) is 4.68. The number of carbonyl (C=O) groups is 1. The van der Waals surface area contributed by atoms with Gasteiger partial charge in [0.15, 0.2) is 0 Å². The summed E-state index contributed by atoms with van der Waals surface area (Å²) in [6, 6.07) is 2.72. The molecule has 0 saturated carbocycles. The molecule has 3 nitrogen and oxygen atoms in total. The van der Waals surface area contributed by atoms with Crippen molar-refractivity contribution in [1.82, 2.24) is 0 Å². The van der Waals surface area contributed by atoms with Crippen molar-refractivity contribution >= 4 is 5.91 Å². The first kappa shape index (κ1) is 10.6. The van der Waals surface area contributed by atoms with E-state index in [1.807, 2.05) is 0 Å². The molecule has 0 aliphatic carbocycles. The van der Waals surface area contributed by atoms with E-state index in [9.17, 15) is 18.7 Å². The number of nitrogens with two attached hydrogens (primary N) is 1. The van der Waals surface area contributed by atoms with Gasteiger partial charge in [0.25, 0.3) is 0 Å². The van der Waals surface area contributed by atoms with Crippen molar-refractivity contribution in [1.29, 1.82) is 0 Å². The van der Waals surface area contributed by atoms with Crippen LogP contribution in [0.2, 0.25) is 0 Å². The molecule has 0 radical (unpaired) electrons. The molecule has 0 aliphatic rings. The standard InChI is InChI=1S/C9H9F2NO2/c10-5-1-2-6(7(11)3-5)8(13)4-9(12)14/h1-3,8,13H,4H2,(H2,12,14). The molecule has 0 bridgehead atoms. The van der Waals surface area contributed by atoms with Crippen LogP contribution in [0.4, 0.5) is 8.78 Å². The van der Waals surface area contributed by atoms with Crippen molar-refractivity contribution in [3.63, 3.8) is 0 Å². The summed E-state index contributed by atoms with van der Waals surface area (Å²) >= 11 is 0. The maximum Gasteiger partial charge on any atom is 0.220 e. The Morgan fingerprint density at radius 3 is 2.64 bits per heavy atom. The summed E-state index contributed by atoms with van der Waals surface area (Å²) in [4.78, 5) is 10.4. The molecular weight excluding hydrogens is 192 g/mol. The van der Waals surface area contributed by atoms with Crippen molar-refractivity contribution in [3.05, 3.63) is 35.4 Å². The molecule has 1 unspecified atom stereocenters. The zero-order valence-corrected chi connectivity index (χ0v) is 7.21. The van der Waals surface area contributed by atoms with E-state index >= 15 is 0 Å². The van der Waals surface area contributed by atoms with Crippen LogP contribution < -0.4 is 5.73 Å². The number of rotatable bonds is 3. The van der Waals surface area contributed by atoms with Gasteiger partial charge in [0.2, 0.25) is 5.91 Å². The van der Waals surface area contributed by atoms with Gasteiger partial charge in [-0.1, -0.05) is 6.07 Å². The Morgan fingerprint density at radius 1 is 1.50 bits per heavy atom. The zero-order chi connectivity index (χ0) is 10.7. The van der Waals surface area contributed by atoms with Crippen LogP contribution in [0.3, 0.4) is 0 Å². The minimum Gasteiger partial charge on any atom is -0.388 e. The van der Waals surface area contributed by atoms with Gasteiger partial charge in [-0.2, -0.15) is 0 Å². The Balaban J connectivity index is 2.90. The molecule has 0 saturated heterocycles. The monoisotopic (exact) mass is 201 g/mol. The van der Waals surface area contributed by atoms with E-state index in [1.165, 1.54) is 0 Å². The topological polar surface area (TPSA) is 63.3 Å². The first-order chi connectivity index (χ1) is 6.50. The first-order valence-corrected chi connectivity index (χ1v) is 3.92. The molecule has 1 atom stereocenters. The molecule has 76 valence electrons. The summed E-state index contributed by atoms with van der Waals surface area (Å²) in [5, 5.41) is 9.30. The first-order valence-electron chi connectivity index (χ1n) is 3.92. The van der Waals surface area contributed by atoms with Crippen LogP contribution in [-0.2, 0) is 4.79 Å². The van der Waals surface area contributed by atoms with Gasteiger partial charge < -0.3 is 10.8 Å². The average molecular weight is 201 g/mol. The highest BCUT2D eigenvalue weighted by atomic mass is 19.1. The minimum absolute atomic E-state index is 0.134. The quantitative estimate of drug-likeness (QED) is 0.762. The molecule has 0 aliphatic heterocycles. The molecule has 0 spiro atoms. The number of aliphatic hydroxyl groups is 1. The average Bonchev–Trinajstić information content (AvgIpc) is 2.01. The van der Waals surface area contributed by atoms with Crippen molar-refractivity contribution in [2.24, 2.45) is 5.73 Å². The SMILES string of the molecule is NC(=O)CC(O)c1ccc(F)cc1F. The Labute approximate surface area is 79.2 Å². The molecule has 3 N–H and O–H groups in total. The van der Waals surface area contributed by atoms with Gasteiger partial charge in [0.05, 0.1) is 12.5 Å². The van der Waals surface area contributed by atoms with Crippen LogP contribution >= 0.6 is 0 Å². The summed E-state index contributed by atoms with van der Waals surface area (Å²) in [6.45, 7) is 0. The largest absolute Gasteiger partial charge is 0.388 e. The van der Waals surface area contributed by atoms with Crippen LogP contribution in [0.15, 0.2) is 18.2 Å². The van der Waals surface area contributed by atoms with Gasteiger partial charge in [-0.25, -0.2) is 8.78 Å². The van der Waals surface area contributed by atoms with E-state index in [4.69, 9.17) is 5.73 Å². The minimum atomic E-state index is -1.33. The molecule has 1 aromatic carbocycles. The number of hydrogen-bond acceptors (Lipinski definition) is 2. The molecule has 1 amide bonds. The molecule has 1 rings (SSSR count). The molecule has 14 heavy (non-hydrogen) atoms. The lowest BCUT2D eigenvalue weighted by Crippen LogP contribution is -2.15. The van der Waals surface area contributed by atoms with E-state index in [0.29, 0.717) is 6.07 Å². The second kappa shape index (κ2) is 4.15. The number of benzene rings is 1. The van der Waals surface area contributed by atoms with E-state index in [0.717, 1.165) is 12.1 Å². The third kappa shape index (κ3) is 2.50. The predicted molar refractivity (Wildman–Crippen MR) is 45.1 cm³/mol. The third-order valence-electron chi connectivity index (χ3n) is 1.72. The fraction of sp³-hybridized carbons (Fsp3) is 0.222. The second-order valence-corrected chi connectivity index (χ2v) is 2.85. The van der Waals surface area contributed by atoms with Crippen molar-refractivity contribution in [3.8, 4) is 0 Å². The maximum absolute atomic E-state index is 13.0. The highest BCUT2D eigenvalue weighted by molar-refractivity contribution is 5.74. The van der Waals surface area contributed by atoms with Gasteiger partial charge in [0, 0.05) is 11.6 Å². The van der Waals surface area contributed by atoms with Gasteiger partial charge >= 0.3 is 0 Å². The lowest BCUT2D eigenvalue weighted by Gasteiger charge is -2.09. The van der Waals surface area contributed by atoms with Crippen LogP contribution in [0.1, 0.15) is 18.1 Å². The number of hydrogen-bond donors (Lipinski definition) is 2. The predicted octanol–water partition coefficient (Wildman–Crippen LogP) is 0.874. The van der Waals surface area contributed by atoms with Crippen molar-refractivity contribution in [2.45, 2.75) is 12.5 Å². The van der Waals surface area contributed by atoms with E-state index in [-0.39, 0.29) is 12.0 Å². The molecule has 0 aromatic heterocycles. The van der Waals surface area contributed by atoms with Crippen molar-refractivity contribution in [2.75, 3.05) is 0 Å². The number of amides is 1. The summed E-state index contributed by atoms with van der Waals surface area (Å²) < 4.78 is 25.5. The molecule has 0 fully saturated rings. The van der Waals surface area contributed by atoms with Crippen LogP contribution in [0.25, 0.3) is 0 Å². The van der Waals surface area contributed by atoms with Crippen LogP contribution in [0.5, 0.6) is 0 Å².